The smallest absolute Gasteiger partial charge is 0.0433 e. The van der Waals surface area contributed by atoms with Crippen LogP contribution in [0.5, 0.6) is 0 Å². The fourth-order valence-corrected chi connectivity index (χ4v) is 2.29. The van der Waals surface area contributed by atoms with E-state index in [1.54, 1.807) is 0 Å². The summed E-state index contributed by atoms with van der Waals surface area (Å²) in [6.45, 7) is 10.9. The molecule has 0 radical (unpaired) electrons. The quantitative estimate of drug-likeness (QED) is 0.752. The van der Waals surface area contributed by atoms with Crippen LogP contribution in [-0.4, -0.2) is 36.2 Å². The minimum Gasteiger partial charge on any atom is -0.396 e. The van der Waals surface area contributed by atoms with E-state index in [1.807, 2.05) is 0 Å². The van der Waals surface area contributed by atoms with Gasteiger partial charge < -0.3 is 10.0 Å². The molecule has 0 aromatic carbocycles. The molecule has 0 aromatic rings. The molecule has 2 nitrogen and oxygen atoms in total. The van der Waals surface area contributed by atoms with Crippen LogP contribution in [0.4, 0.5) is 0 Å². The van der Waals surface area contributed by atoms with Crippen molar-refractivity contribution in [3.63, 3.8) is 0 Å². The van der Waals surface area contributed by atoms with Crippen LogP contribution < -0.4 is 0 Å². The fourth-order valence-electron chi connectivity index (χ4n) is 2.29. The van der Waals surface area contributed by atoms with Crippen LogP contribution in [0.25, 0.3) is 0 Å². The van der Waals surface area contributed by atoms with Crippen molar-refractivity contribution in [3.8, 4) is 0 Å². The van der Waals surface area contributed by atoms with Gasteiger partial charge in [0.25, 0.3) is 0 Å². The summed E-state index contributed by atoms with van der Waals surface area (Å²) in [5.41, 5.74) is 0.420. The van der Waals surface area contributed by atoms with E-state index in [0.29, 0.717) is 12.0 Å². The highest BCUT2D eigenvalue weighted by Gasteiger charge is 2.22. The predicted octanol–water partition coefficient (Wildman–Crippen LogP) is 2.13. The predicted molar refractivity (Wildman–Crippen MR) is 60.3 cm³/mol. The van der Waals surface area contributed by atoms with E-state index in [4.69, 9.17) is 5.11 Å². The lowest BCUT2D eigenvalue weighted by atomic mass is 9.91. The van der Waals surface area contributed by atoms with Gasteiger partial charge in [0, 0.05) is 13.2 Å². The Morgan fingerprint density at radius 2 is 1.79 bits per heavy atom. The third kappa shape index (κ3) is 4.43. The maximum absolute atomic E-state index is 8.86. The maximum atomic E-state index is 8.86. The molecule has 1 fully saturated rings. The standard InChI is InChI=1S/C12H25NO/c1-12(2,3)10-13-7-4-11(5-8-13)6-9-14/h11,14H,4-10H2,1-3H3. The Hall–Kier alpha value is -0.0800. The van der Waals surface area contributed by atoms with Crippen LogP contribution in [-0.2, 0) is 0 Å². The number of hydrogen-bond acceptors (Lipinski definition) is 2. The van der Waals surface area contributed by atoms with Crippen LogP contribution in [0, 0.1) is 11.3 Å². The Labute approximate surface area is 88.3 Å². The van der Waals surface area contributed by atoms with Crippen LogP contribution in [0.2, 0.25) is 0 Å². The van der Waals surface area contributed by atoms with Gasteiger partial charge in [-0.15, -0.1) is 0 Å². The molecule has 84 valence electrons. The number of aliphatic hydroxyl groups excluding tert-OH is 1. The number of rotatable bonds is 3. The molecular formula is C12H25NO. The molecule has 1 N–H and O–H groups in total. The molecule has 0 spiro atoms. The number of nitrogens with zero attached hydrogens (tertiary/aromatic N) is 1. The summed E-state index contributed by atoms with van der Waals surface area (Å²) in [6.07, 6.45) is 3.55. The molecule has 0 amide bonds. The highest BCUT2D eigenvalue weighted by atomic mass is 16.3. The van der Waals surface area contributed by atoms with E-state index in [9.17, 15) is 0 Å². The van der Waals surface area contributed by atoms with Crippen molar-refractivity contribution in [2.24, 2.45) is 11.3 Å². The molecule has 2 heteroatoms. The summed E-state index contributed by atoms with van der Waals surface area (Å²) in [5, 5.41) is 8.86. The van der Waals surface area contributed by atoms with Gasteiger partial charge in [0.2, 0.25) is 0 Å². The topological polar surface area (TPSA) is 23.5 Å². The van der Waals surface area contributed by atoms with Crippen LogP contribution in [0.15, 0.2) is 0 Å². The lowest BCUT2D eigenvalue weighted by Crippen LogP contribution is -2.39. The second-order valence-electron chi connectivity index (χ2n) is 5.79. The van der Waals surface area contributed by atoms with Gasteiger partial charge in [0.15, 0.2) is 0 Å². The first-order valence-electron chi connectivity index (χ1n) is 5.84. The monoisotopic (exact) mass is 199 g/mol. The largest absolute Gasteiger partial charge is 0.396 e. The summed E-state index contributed by atoms with van der Waals surface area (Å²) >= 11 is 0. The minimum atomic E-state index is 0.365. The summed E-state index contributed by atoms with van der Waals surface area (Å²) < 4.78 is 0. The summed E-state index contributed by atoms with van der Waals surface area (Å²) in [7, 11) is 0. The molecule has 1 saturated heterocycles. The molecule has 1 aliphatic heterocycles. The van der Waals surface area contributed by atoms with Crippen molar-refractivity contribution < 1.29 is 5.11 Å². The highest BCUT2D eigenvalue weighted by molar-refractivity contribution is 4.76. The molecule has 0 aromatic heterocycles. The molecular weight excluding hydrogens is 174 g/mol. The van der Waals surface area contributed by atoms with E-state index in [0.717, 1.165) is 12.3 Å². The lowest BCUT2D eigenvalue weighted by molar-refractivity contribution is 0.123. The molecule has 1 rings (SSSR count). The second kappa shape index (κ2) is 5.13. The third-order valence-corrected chi connectivity index (χ3v) is 2.94. The molecule has 0 bridgehead atoms. The Kier molecular flexibility index (Phi) is 4.39. The van der Waals surface area contributed by atoms with E-state index < -0.39 is 0 Å². The van der Waals surface area contributed by atoms with Gasteiger partial charge in [0.05, 0.1) is 0 Å². The first-order chi connectivity index (χ1) is 6.51. The maximum Gasteiger partial charge on any atom is 0.0433 e. The number of likely N-dealkylation sites (tertiary alicyclic amines) is 1. The Bertz CT molecular complexity index is 154. The second-order valence-corrected chi connectivity index (χ2v) is 5.79. The molecule has 14 heavy (non-hydrogen) atoms. The first kappa shape index (κ1) is 12.0. The van der Waals surface area contributed by atoms with Crippen molar-refractivity contribution in [1.29, 1.82) is 0 Å². The first-order valence-corrected chi connectivity index (χ1v) is 5.84. The van der Waals surface area contributed by atoms with E-state index in [2.05, 4.69) is 25.7 Å². The van der Waals surface area contributed by atoms with Gasteiger partial charge in [0.1, 0.15) is 0 Å². The zero-order valence-electron chi connectivity index (χ0n) is 9.92. The normalized spacial score (nSPS) is 21.4. The van der Waals surface area contributed by atoms with E-state index in [-0.39, 0.29) is 0 Å². The van der Waals surface area contributed by atoms with Gasteiger partial charge in [-0.2, -0.15) is 0 Å². The van der Waals surface area contributed by atoms with Crippen molar-refractivity contribution in [1.82, 2.24) is 4.90 Å². The summed E-state index contributed by atoms with van der Waals surface area (Å²) in [4.78, 5) is 2.56. The molecule has 1 aliphatic rings. The van der Waals surface area contributed by atoms with Crippen molar-refractivity contribution in [3.05, 3.63) is 0 Å². The average Bonchev–Trinajstić information content (AvgIpc) is 2.06. The van der Waals surface area contributed by atoms with Gasteiger partial charge in [-0.3, -0.25) is 0 Å². The zero-order chi connectivity index (χ0) is 10.6. The molecule has 0 aliphatic carbocycles. The minimum absolute atomic E-state index is 0.365. The van der Waals surface area contributed by atoms with E-state index in [1.165, 1.54) is 32.5 Å². The Morgan fingerprint density at radius 1 is 1.21 bits per heavy atom. The van der Waals surface area contributed by atoms with Crippen molar-refractivity contribution in [2.45, 2.75) is 40.0 Å². The van der Waals surface area contributed by atoms with Gasteiger partial charge in [-0.25, -0.2) is 0 Å². The van der Waals surface area contributed by atoms with Crippen LogP contribution in [0.1, 0.15) is 40.0 Å². The average molecular weight is 199 g/mol. The summed E-state index contributed by atoms with van der Waals surface area (Å²) in [6, 6.07) is 0. The lowest BCUT2D eigenvalue weighted by Gasteiger charge is -2.35. The number of hydrogen-bond donors (Lipinski definition) is 1. The molecule has 0 unspecified atom stereocenters. The number of piperidine rings is 1. The van der Waals surface area contributed by atoms with Crippen LogP contribution >= 0.6 is 0 Å². The Morgan fingerprint density at radius 3 is 2.21 bits per heavy atom. The molecule has 0 atom stereocenters. The third-order valence-electron chi connectivity index (χ3n) is 2.94. The SMILES string of the molecule is CC(C)(C)CN1CCC(CCO)CC1. The van der Waals surface area contributed by atoms with Crippen molar-refractivity contribution in [2.75, 3.05) is 26.2 Å². The van der Waals surface area contributed by atoms with Crippen molar-refractivity contribution >= 4 is 0 Å². The number of aliphatic hydroxyl groups is 1. The fraction of sp³-hybridized carbons (Fsp3) is 1.00. The van der Waals surface area contributed by atoms with E-state index >= 15 is 0 Å². The zero-order valence-corrected chi connectivity index (χ0v) is 9.92. The Balaban J connectivity index is 2.22. The van der Waals surface area contributed by atoms with Gasteiger partial charge in [-0.05, 0) is 43.7 Å². The molecule has 1 heterocycles. The highest BCUT2D eigenvalue weighted by Crippen LogP contribution is 2.23. The van der Waals surface area contributed by atoms with Gasteiger partial charge >= 0.3 is 0 Å². The molecule has 0 saturated carbocycles. The summed E-state index contributed by atoms with van der Waals surface area (Å²) in [5.74, 6) is 0.774. The van der Waals surface area contributed by atoms with Gasteiger partial charge in [-0.1, -0.05) is 20.8 Å². The van der Waals surface area contributed by atoms with Crippen LogP contribution in [0.3, 0.4) is 0 Å².